The van der Waals surface area contributed by atoms with Crippen molar-refractivity contribution in [3.05, 3.63) is 48.6 Å². The lowest BCUT2D eigenvalue weighted by Gasteiger charge is -2.18. The Morgan fingerprint density at radius 2 is 0.843 bits per heavy atom. The van der Waals surface area contributed by atoms with Gasteiger partial charge in [-0.25, -0.2) is 0 Å². The summed E-state index contributed by atoms with van der Waals surface area (Å²) in [4.78, 5) is 37.5. The Morgan fingerprint density at radius 3 is 1.37 bits per heavy atom. The normalized spacial score (nSPS) is 12.5. The van der Waals surface area contributed by atoms with Gasteiger partial charge in [0.05, 0.1) is 0 Å². The zero-order chi connectivity index (χ0) is 37.3. The van der Waals surface area contributed by atoms with Gasteiger partial charge in [0, 0.05) is 19.3 Å². The summed E-state index contributed by atoms with van der Waals surface area (Å²) in [6.07, 6.45) is 45.2. The Labute approximate surface area is 314 Å². The SMILES string of the molecule is CC/C=C\C/C=C\CCCCCCCC(=O)OCC(COC(=O)CCCCCCCCCCCC)OC(=O)CCCCC/C=C\C=C/CCCC. The summed E-state index contributed by atoms with van der Waals surface area (Å²) in [6, 6.07) is 0. The smallest absolute Gasteiger partial charge is 0.306 e. The molecule has 0 aromatic rings. The number of carbonyl (C=O) groups is 3. The molecule has 0 spiro atoms. The molecule has 0 aromatic carbocycles. The molecule has 0 saturated heterocycles. The number of rotatable bonds is 37. The lowest BCUT2D eigenvalue weighted by Crippen LogP contribution is -2.30. The largest absolute Gasteiger partial charge is 0.462 e. The molecule has 0 aromatic heterocycles. The second-order valence-electron chi connectivity index (χ2n) is 13.9. The summed E-state index contributed by atoms with van der Waals surface area (Å²) in [6.45, 7) is 6.40. The van der Waals surface area contributed by atoms with E-state index in [1.807, 2.05) is 0 Å². The lowest BCUT2D eigenvalue weighted by molar-refractivity contribution is -0.167. The molecule has 294 valence electrons. The van der Waals surface area contributed by atoms with Crippen molar-refractivity contribution in [2.45, 2.75) is 207 Å². The lowest BCUT2D eigenvalue weighted by atomic mass is 10.1. The number of hydrogen-bond donors (Lipinski definition) is 0. The molecule has 1 unspecified atom stereocenters. The molecule has 0 amide bonds. The van der Waals surface area contributed by atoms with Crippen LogP contribution in [0.1, 0.15) is 201 Å². The fourth-order valence-corrected chi connectivity index (χ4v) is 5.63. The van der Waals surface area contributed by atoms with E-state index in [1.54, 1.807) is 0 Å². The summed E-state index contributed by atoms with van der Waals surface area (Å²) in [5, 5.41) is 0. The highest BCUT2D eigenvalue weighted by Gasteiger charge is 2.19. The van der Waals surface area contributed by atoms with E-state index < -0.39 is 6.10 Å². The third-order valence-corrected chi connectivity index (χ3v) is 8.85. The van der Waals surface area contributed by atoms with E-state index >= 15 is 0 Å². The van der Waals surface area contributed by atoms with Crippen LogP contribution >= 0.6 is 0 Å². The molecule has 0 radical (unpaired) electrons. The monoisotopic (exact) mass is 715 g/mol. The maximum absolute atomic E-state index is 12.6. The number of carbonyl (C=O) groups excluding carboxylic acids is 3. The second-order valence-corrected chi connectivity index (χ2v) is 13.9. The van der Waals surface area contributed by atoms with Crippen LogP contribution < -0.4 is 0 Å². The molecule has 0 aliphatic carbocycles. The fourth-order valence-electron chi connectivity index (χ4n) is 5.63. The molecule has 0 fully saturated rings. The molecule has 0 aliphatic rings. The van der Waals surface area contributed by atoms with Crippen LogP contribution in [-0.2, 0) is 28.6 Å². The van der Waals surface area contributed by atoms with Crippen LogP contribution in [-0.4, -0.2) is 37.2 Å². The molecule has 0 N–H and O–H groups in total. The highest BCUT2D eigenvalue weighted by Crippen LogP contribution is 2.13. The summed E-state index contributed by atoms with van der Waals surface area (Å²) in [5.41, 5.74) is 0. The first-order valence-electron chi connectivity index (χ1n) is 21.2. The van der Waals surface area contributed by atoms with Gasteiger partial charge < -0.3 is 14.2 Å². The van der Waals surface area contributed by atoms with Crippen molar-refractivity contribution in [3.63, 3.8) is 0 Å². The quantitative estimate of drug-likeness (QED) is 0.0209. The first-order valence-corrected chi connectivity index (χ1v) is 21.2. The van der Waals surface area contributed by atoms with Gasteiger partial charge in [-0.1, -0.05) is 166 Å². The molecule has 51 heavy (non-hydrogen) atoms. The third kappa shape index (κ3) is 38.4. The van der Waals surface area contributed by atoms with Gasteiger partial charge in [-0.05, 0) is 64.2 Å². The standard InChI is InChI=1S/C45H78O6/c1-4-7-10-13-16-19-22-24-26-29-32-35-38-44(47)50-41-42(40-49-43(46)37-34-31-28-25-21-18-15-12-9-6-3)51-45(48)39-36-33-30-27-23-20-17-14-11-8-5-2/h7,10,14,16-17,19-20,23,42H,4-6,8-9,11-13,15,18,21-22,24-41H2,1-3H3/b10-7-,17-14-,19-16-,23-20-. The van der Waals surface area contributed by atoms with E-state index in [4.69, 9.17) is 14.2 Å². The Kier molecular flexibility index (Phi) is 38.1. The molecule has 6 heteroatoms. The second kappa shape index (κ2) is 40.1. The molecular formula is C45H78O6. The van der Waals surface area contributed by atoms with Crippen molar-refractivity contribution in [1.82, 2.24) is 0 Å². The average Bonchev–Trinajstić information content (AvgIpc) is 3.12. The predicted octanol–water partition coefficient (Wildman–Crippen LogP) is 13.2. The van der Waals surface area contributed by atoms with Crippen molar-refractivity contribution in [2.24, 2.45) is 0 Å². The van der Waals surface area contributed by atoms with Crippen LogP contribution in [0, 0.1) is 0 Å². The fraction of sp³-hybridized carbons (Fsp3) is 0.756. The summed E-state index contributed by atoms with van der Waals surface area (Å²) in [5.74, 6) is -0.938. The molecule has 0 aliphatic heterocycles. The highest BCUT2D eigenvalue weighted by atomic mass is 16.6. The average molecular weight is 715 g/mol. The van der Waals surface area contributed by atoms with Gasteiger partial charge in [-0.2, -0.15) is 0 Å². The minimum atomic E-state index is -0.786. The molecule has 0 heterocycles. The number of ether oxygens (including phenoxy) is 3. The van der Waals surface area contributed by atoms with E-state index in [0.29, 0.717) is 19.3 Å². The first-order chi connectivity index (χ1) is 25.0. The number of hydrogen-bond acceptors (Lipinski definition) is 6. The van der Waals surface area contributed by atoms with Crippen LogP contribution in [0.15, 0.2) is 48.6 Å². The van der Waals surface area contributed by atoms with Crippen molar-refractivity contribution in [2.75, 3.05) is 13.2 Å². The van der Waals surface area contributed by atoms with Crippen molar-refractivity contribution >= 4 is 17.9 Å². The Hall–Kier alpha value is -2.63. The Bertz CT molecular complexity index is 918. The van der Waals surface area contributed by atoms with Gasteiger partial charge in [0.2, 0.25) is 0 Å². The van der Waals surface area contributed by atoms with Crippen LogP contribution in [0.5, 0.6) is 0 Å². The van der Waals surface area contributed by atoms with Crippen LogP contribution in [0.4, 0.5) is 0 Å². The maximum Gasteiger partial charge on any atom is 0.306 e. The number of allylic oxidation sites excluding steroid dienone is 8. The summed E-state index contributed by atoms with van der Waals surface area (Å²) in [7, 11) is 0. The third-order valence-electron chi connectivity index (χ3n) is 8.85. The maximum atomic E-state index is 12.6. The first kappa shape index (κ1) is 48.4. The van der Waals surface area contributed by atoms with Crippen molar-refractivity contribution < 1.29 is 28.6 Å². The van der Waals surface area contributed by atoms with E-state index in [0.717, 1.165) is 103 Å². The van der Waals surface area contributed by atoms with E-state index in [2.05, 4.69) is 69.4 Å². The minimum Gasteiger partial charge on any atom is -0.462 e. The van der Waals surface area contributed by atoms with Crippen LogP contribution in [0.3, 0.4) is 0 Å². The van der Waals surface area contributed by atoms with Gasteiger partial charge >= 0.3 is 17.9 Å². The van der Waals surface area contributed by atoms with E-state index in [-0.39, 0.29) is 31.1 Å². The van der Waals surface area contributed by atoms with Gasteiger partial charge in [0.15, 0.2) is 6.10 Å². The van der Waals surface area contributed by atoms with Crippen molar-refractivity contribution in [3.8, 4) is 0 Å². The summed E-state index contributed by atoms with van der Waals surface area (Å²) < 4.78 is 16.6. The highest BCUT2D eigenvalue weighted by molar-refractivity contribution is 5.71. The van der Waals surface area contributed by atoms with Crippen LogP contribution in [0.25, 0.3) is 0 Å². The van der Waals surface area contributed by atoms with Crippen LogP contribution in [0.2, 0.25) is 0 Å². The zero-order valence-corrected chi connectivity index (χ0v) is 33.4. The number of unbranched alkanes of at least 4 members (excludes halogenated alkanes) is 19. The Balaban J connectivity index is 4.44. The summed E-state index contributed by atoms with van der Waals surface area (Å²) >= 11 is 0. The van der Waals surface area contributed by atoms with Gasteiger partial charge in [-0.15, -0.1) is 0 Å². The molecule has 1 atom stereocenters. The predicted molar refractivity (Wildman–Crippen MR) is 215 cm³/mol. The Morgan fingerprint density at radius 1 is 0.431 bits per heavy atom. The van der Waals surface area contributed by atoms with Gasteiger partial charge in [-0.3, -0.25) is 14.4 Å². The zero-order valence-electron chi connectivity index (χ0n) is 33.4. The molecule has 0 rings (SSSR count). The van der Waals surface area contributed by atoms with Crippen molar-refractivity contribution in [1.29, 1.82) is 0 Å². The topological polar surface area (TPSA) is 78.9 Å². The van der Waals surface area contributed by atoms with E-state index in [1.165, 1.54) is 57.8 Å². The minimum absolute atomic E-state index is 0.0878. The molecule has 0 bridgehead atoms. The van der Waals surface area contributed by atoms with Gasteiger partial charge in [0.1, 0.15) is 13.2 Å². The molecule has 0 saturated carbocycles. The molecule has 6 nitrogen and oxygen atoms in total. The van der Waals surface area contributed by atoms with Gasteiger partial charge in [0.25, 0.3) is 0 Å². The molecular weight excluding hydrogens is 636 g/mol. The number of esters is 3. The van der Waals surface area contributed by atoms with E-state index in [9.17, 15) is 14.4 Å².